The molecule has 0 unspecified atom stereocenters. The molecule has 0 radical (unpaired) electrons. The molecular formula is C16H19N3O2. The standard InChI is InChI=1S/C16H19N3O2/c1-19(2)10-9-18-16(21)13-8-4-6-11-5-3-7-12(14(11)13)15(17)20/h3-8H,9-10H2,1-2H3,(H2,17,20)(H,18,21). The fourth-order valence-electron chi connectivity index (χ4n) is 2.22. The monoisotopic (exact) mass is 285 g/mol. The van der Waals surface area contributed by atoms with Crippen LogP contribution in [0.25, 0.3) is 10.8 Å². The molecule has 0 fully saturated rings. The molecule has 2 amide bonds. The number of benzene rings is 2. The highest BCUT2D eigenvalue weighted by Crippen LogP contribution is 2.23. The molecule has 0 saturated carbocycles. The second-order valence-electron chi connectivity index (χ2n) is 5.13. The first-order valence-electron chi connectivity index (χ1n) is 6.75. The van der Waals surface area contributed by atoms with E-state index in [0.717, 1.165) is 11.9 Å². The van der Waals surface area contributed by atoms with Crippen molar-refractivity contribution in [3.05, 3.63) is 47.5 Å². The Kier molecular flexibility index (Phi) is 4.55. The van der Waals surface area contributed by atoms with Crippen LogP contribution in [0.3, 0.4) is 0 Å². The van der Waals surface area contributed by atoms with Crippen LogP contribution in [0.4, 0.5) is 0 Å². The van der Waals surface area contributed by atoms with Crippen molar-refractivity contribution in [2.24, 2.45) is 5.73 Å². The van der Waals surface area contributed by atoms with Crippen LogP contribution in [0.15, 0.2) is 36.4 Å². The molecule has 5 nitrogen and oxygen atoms in total. The van der Waals surface area contributed by atoms with E-state index in [0.29, 0.717) is 23.1 Å². The quantitative estimate of drug-likeness (QED) is 0.867. The summed E-state index contributed by atoms with van der Waals surface area (Å²) < 4.78 is 0. The van der Waals surface area contributed by atoms with Crippen LogP contribution in [0.2, 0.25) is 0 Å². The number of nitrogens with zero attached hydrogens (tertiary/aromatic N) is 1. The average Bonchev–Trinajstić information content (AvgIpc) is 2.45. The molecule has 21 heavy (non-hydrogen) atoms. The molecule has 0 atom stereocenters. The zero-order valence-electron chi connectivity index (χ0n) is 12.2. The maximum absolute atomic E-state index is 12.3. The maximum Gasteiger partial charge on any atom is 0.251 e. The molecule has 2 aromatic carbocycles. The fraction of sp³-hybridized carbons (Fsp3) is 0.250. The SMILES string of the molecule is CN(C)CCNC(=O)c1cccc2cccc(C(N)=O)c12. The van der Waals surface area contributed by atoms with Gasteiger partial charge in [-0.25, -0.2) is 0 Å². The van der Waals surface area contributed by atoms with Gasteiger partial charge >= 0.3 is 0 Å². The molecule has 0 heterocycles. The zero-order chi connectivity index (χ0) is 15.4. The highest BCUT2D eigenvalue weighted by molar-refractivity contribution is 6.15. The zero-order valence-corrected chi connectivity index (χ0v) is 12.2. The summed E-state index contributed by atoms with van der Waals surface area (Å²) in [4.78, 5) is 25.9. The summed E-state index contributed by atoms with van der Waals surface area (Å²) in [5, 5.41) is 4.29. The number of amides is 2. The summed E-state index contributed by atoms with van der Waals surface area (Å²) >= 11 is 0. The summed E-state index contributed by atoms with van der Waals surface area (Å²) in [5.41, 5.74) is 6.25. The molecule has 0 aliphatic rings. The Morgan fingerprint density at radius 2 is 1.71 bits per heavy atom. The highest BCUT2D eigenvalue weighted by atomic mass is 16.2. The molecule has 0 aliphatic carbocycles. The van der Waals surface area contributed by atoms with Gasteiger partial charge in [-0.05, 0) is 31.6 Å². The normalized spacial score (nSPS) is 10.8. The number of nitrogens with one attached hydrogen (secondary N) is 1. The third-order valence-corrected chi connectivity index (χ3v) is 3.26. The highest BCUT2D eigenvalue weighted by Gasteiger charge is 2.15. The molecule has 0 saturated heterocycles. The van der Waals surface area contributed by atoms with E-state index in [2.05, 4.69) is 5.32 Å². The topological polar surface area (TPSA) is 75.4 Å². The Morgan fingerprint density at radius 1 is 1.10 bits per heavy atom. The van der Waals surface area contributed by atoms with Gasteiger partial charge in [0.25, 0.3) is 5.91 Å². The lowest BCUT2D eigenvalue weighted by Gasteiger charge is -2.12. The minimum Gasteiger partial charge on any atom is -0.366 e. The van der Waals surface area contributed by atoms with Crippen molar-refractivity contribution < 1.29 is 9.59 Å². The number of rotatable bonds is 5. The van der Waals surface area contributed by atoms with Crippen LogP contribution in [0.1, 0.15) is 20.7 Å². The van der Waals surface area contributed by atoms with Gasteiger partial charge in [0, 0.05) is 29.6 Å². The molecule has 2 rings (SSSR count). The van der Waals surface area contributed by atoms with Gasteiger partial charge in [0.05, 0.1) is 0 Å². The van der Waals surface area contributed by atoms with Gasteiger partial charge in [0.2, 0.25) is 5.91 Å². The van der Waals surface area contributed by atoms with E-state index in [1.807, 2.05) is 31.1 Å². The number of nitrogens with two attached hydrogens (primary N) is 1. The summed E-state index contributed by atoms with van der Waals surface area (Å²) in [6.45, 7) is 1.29. The summed E-state index contributed by atoms with van der Waals surface area (Å²) in [6.07, 6.45) is 0. The predicted octanol–water partition coefficient (Wildman–Crippen LogP) is 1.23. The van der Waals surface area contributed by atoms with E-state index >= 15 is 0 Å². The first-order chi connectivity index (χ1) is 10.0. The Morgan fingerprint density at radius 3 is 2.29 bits per heavy atom. The van der Waals surface area contributed by atoms with Gasteiger partial charge in [-0.15, -0.1) is 0 Å². The van der Waals surface area contributed by atoms with E-state index in [1.54, 1.807) is 24.3 Å². The van der Waals surface area contributed by atoms with Gasteiger partial charge in [-0.3, -0.25) is 9.59 Å². The Bertz CT molecular complexity index is 675. The number of hydrogen-bond donors (Lipinski definition) is 2. The first-order valence-corrected chi connectivity index (χ1v) is 6.75. The van der Waals surface area contributed by atoms with Crippen molar-refractivity contribution in [3.8, 4) is 0 Å². The molecule has 0 bridgehead atoms. The number of carbonyl (C=O) groups is 2. The third-order valence-electron chi connectivity index (χ3n) is 3.26. The van der Waals surface area contributed by atoms with E-state index in [1.165, 1.54) is 0 Å². The van der Waals surface area contributed by atoms with Crippen LogP contribution in [0.5, 0.6) is 0 Å². The van der Waals surface area contributed by atoms with E-state index in [-0.39, 0.29) is 5.91 Å². The average molecular weight is 285 g/mol. The van der Waals surface area contributed by atoms with Crippen molar-refractivity contribution in [1.82, 2.24) is 10.2 Å². The molecule has 0 aliphatic heterocycles. The smallest absolute Gasteiger partial charge is 0.251 e. The summed E-state index contributed by atoms with van der Waals surface area (Å²) in [7, 11) is 3.88. The van der Waals surface area contributed by atoms with E-state index < -0.39 is 5.91 Å². The van der Waals surface area contributed by atoms with Crippen LogP contribution in [0, 0.1) is 0 Å². The maximum atomic E-state index is 12.3. The molecule has 110 valence electrons. The number of fused-ring (bicyclic) bond motifs is 1. The molecule has 5 heteroatoms. The molecular weight excluding hydrogens is 266 g/mol. The fourth-order valence-corrected chi connectivity index (χ4v) is 2.22. The van der Waals surface area contributed by atoms with Gasteiger partial charge < -0.3 is 16.0 Å². The largest absolute Gasteiger partial charge is 0.366 e. The van der Waals surface area contributed by atoms with Crippen LogP contribution < -0.4 is 11.1 Å². The van der Waals surface area contributed by atoms with Crippen LogP contribution in [-0.2, 0) is 0 Å². The number of likely N-dealkylation sites (N-methyl/N-ethyl adjacent to an activating group) is 1. The Labute approximate surface area is 123 Å². The third kappa shape index (κ3) is 3.38. The summed E-state index contributed by atoms with van der Waals surface area (Å²) in [5.74, 6) is -0.731. The van der Waals surface area contributed by atoms with E-state index in [9.17, 15) is 9.59 Å². The minimum absolute atomic E-state index is 0.198. The molecule has 0 spiro atoms. The van der Waals surface area contributed by atoms with Crippen molar-refractivity contribution in [2.45, 2.75) is 0 Å². The van der Waals surface area contributed by atoms with Gasteiger partial charge in [0.1, 0.15) is 0 Å². The van der Waals surface area contributed by atoms with Gasteiger partial charge in [-0.1, -0.05) is 24.3 Å². The van der Waals surface area contributed by atoms with Gasteiger partial charge in [0.15, 0.2) is 0 Å². The minimum atomic E-state index is -0.533. The lowest BCUT2D eigenvalue weighted by molar-refractivity contribution is 0.0952. The molecule has 3 N–H and O–H groups in total. The van der Waals surface area contributed by atoms with Crippen molar-refractivity contribution >= 4 is 22.6 Å². The van der Waals surface area contributed by atoms with Crippen molar-refractivity contribution in [2.75, 3.05) is 27.2 Å². The molecule has 0 aromatic heterocycles. The Hall–Kier alpha value is -2.40. The second-order valence-corrected chi connectivity index (χ2v) is 5.13. The summed E-state index contributed by atoms with van der Waals surface area (Å²) in [6, 6.07) is 10.6. The van der Waals surface area contributed by atoms with Crippen LogP contribution >= 0.6 is 0 Å². The first kappa shape index (κ1) is 15.0. The lowest BCUT2D eigenvalue weighted by atomic mass is 9.98. The predicted molar refractivity (Wildman–Crippen MR) is 83.4 cm³/mol. The van der Waals surface area contributed by atoms with Gasteiger partial charge in [-0.2, -0.15) is 0 Å². The number of hydrogen-bond acceptors (Lipinski definition) is 3. The second kappa shape index (κ2) is 6.37. The van der Waals surface area contributed by atoms with Crippen molar-refractivity contribution in [1.29, 1.82) is 0 Å². The number of carbonyl (C=O) groups excluding carboxylic acids is 2. The molecule has 2 aromatic rings. The van der Waals surface area contributed by atoms with E-state index in [4.69, 9.17) is 5.73 Å². The Balaban J connectivity index is 2.39. The number of primary amides is 1. The van der Waals surface area contributed by atoms with Crippen molar-refractivity contribution in [3.63, 3.8) is 0 Å². The lowest BCUT2D eigenvalue weighted by Crippen LogP contribution is -2.31. The van der Waals surface area contributed by atoms with Crippen LogP contribution in [-0.4, -0.2) is 43.9 Å².